The number of fused-ring (bicyclic) bond motifs is 1. The highest BCUT2D eigenvalue weighted by atomic mass is 16.2. The van der Waals surface area contributed by atoms with Crippen molar-refractivity contribution < 1.29 is 9.59 Å². The third-order valence-corrected chi connectivity index (χ3v) is 6.08. The van der Waals surface area contributed by atoms with Crippen LogP contribution in [0.5, 0.6) is 0 Å². The summed E-state index contributed by atoms with van der Waals surface area (Å²) in [6.45, 7) is 5.13. The maximum absolute atomic E-state index is 12.8. The predicted molar refractivity (Wildman–Crippen MR) is 102 cm³/mol. The normalized spacial score (nSPS) is 22.9. The first kappa shape index (κ1) is 17.1. The highest BCUT2D eigenvalue weighted by molar-refractivity contribution is 5.87. The van der Waals surface area contributed by atoms with Gasteiger partial charge in [-0.05, 0) is 37.3 Å². The van der Waals surface area contributed by atoms with Crippen LogP contribution < -0.4 is 0 Å². The number of nitrogens with one attached hydrogen (secondary N) is 1. The number of hydrogen-bond acceptors (Lipinski definition) is 2. The number of likely N-dealkylation sites (tertiary alicyclic amines) is 2. The van der Waals surface area contributed by atoms with Crippen LogP contribution in [0, 0.1) is 5.41 Å². The maximum Gasteiger partial charge on any atom is 0.230 e. The van der Waals surface area contributed by atoms with Gasteiger partial charge in [-0.1, -0.05) is 25.1 Å². The fourth-order valence-corrected chi connectivity index (χ4v) is 4.58. The molecule has 0 radical (unpaired) electrons. The van der Waals surface area contributed by atoms with Gasteiger partial charge in [0.15, 0.2) is 0 Å². The molecule has 4 rings (SSSR count). The van der Waals surface area contributed by atoms with Crippen molar-refractivity contribution in [3.63, 3.8) is 0 Å². The Kier molecular flexibility index (Phi) is 4.47. The van der Waals surface area contributed by atoms with E-state index in [1.165, 1.54) is 10.9 Å². The van der Waals surface area contributed by atoms with Gasteiger partial charge in [-0.2, -0.15) is 0 Å². The summed E-state index contributed by atoms with van der Waals surface area (Å²) in [7, 11) is 0. The van der Waals surface area contributed by atoms with Crippen LogP contribution in [0.15, 0.2) is 30.5 Å². The van der Waals surface area contributed by atoms with Gasteiger partial charge >= 0.3 is 0 Å². The lowest BCUT2D eigenvalue weighted by molar-refractivity contribution is -0.136. The number of aromatic nitrogens is 1. The van der Waals surface area contributed by atoms with Crippen LogP contribution >= 0.6 is 0 Å². The molecule has 1 N–H and O–H groups in total. The van der Waals surface area contributed by atoms with Crippen molar-refractivity contribution in [2.45, 2.75) is 39.0 Å². The molecule has 1 aromatic heterocycles. The van der Waals surface area contributed by atoms with Crippen LogP contribution in [-0.4, -0.2) is 52.8 Å². The first-order valence-electron chi connectivity index (χ1n) is 9.75. The molecule has 0 aliphatic carbocycles. The van der Waals surface area contributed by atoms with E-state index in [9.17, 15) is 9.59 Å². The monoisotopic (exact) mass is 353 g/mol. The van der Waals surface area contributed by atoms with Crippen LogP contribution in [-0.2, 0) is 16.0 Å². The van der Waals surface area contributed by atoms with Gasteiger partial charge < -0.3 is 14.8 Å². The van der Waals surface area contributed by atoms with Crippen molar-refractivity contribution in [1.29, 1.82) is 0 Å². The van der Waals surface area contributed by atoms with Gasteiger partial charge in [0, 0.05) is 49.7 Å². The van der Waals surface area contributed by atoms with Crippen molar-refractivity contribution in [3.05, 3.63) is 36.0 Å². The van der Waals surface area contributed by atoms with Crippen molar-refractivity contribution in [3.8, 4) is 0 Å². The van der Waals surface area contributed by atoms with Crippen molar-refractivity contribution >= 4 is 22.7 Å². The van der Waals surface area contributed by atoms with E-state index < -0.39 is 0 Å². The minimum atomic E-state index is -0.300. The number of carbonyl (C=O) groups is 2. The Morgan fingerprint density at radius 2 is 2.04 bits per heavy atom. The van der Waals surface area contributed by atoms with E-state index in [1.54, 1.807) is 0 Å². The number of para-hydroxylation sites is 1. The number of carbonyl (C=O) groups excluding carboxylic acids is 2. The smallest absolute Gasteiger partial charge is 0.230 e. The van der Waals surface area contributed by atoms with Gasteiger partial charge in [-0.3, -0.25) is 9.59 Å². The second-order valence-electron chi connectivity index (χ2n) is 7.75. The minimum absolute atomic E-state index is 0.175. The molecule has 0 bridgehead atoms. The van der Waals surface area contributed by atoms with Gasteiger partial charge in [0.1, 0.15) is 0 Å². The van der Waals surface area contributed by atoms with Crippen molar-refractivity contribution in [1.82, 2.24) is 14.8 Å². The van der Waals surface area contributed by atoms with Gasteiger partial charge in [0.25, 0.3) is 0 Å². The van der Waals surface area contributed by atoms with Crippen LogP contribution in [0.1, 0.15) is 38.2 Å². The summed E-state index contributed by atoms with van der Waals surface area (Å²) in [6.07, 6.45) is 5.97. The Hall–Kier alpha value is -2.30. The highest BCUT2D eigenvalue weighted by Crippen LogP contribution is 2.40. The lowest BCUT2D eigenvalue weighted by Gasteiger charge is -2.23. The number of nitrogens with zero attached hydrogens (tertiary/aromatic N) is 2. The highest BCUT2D eigenvalue weighted by Gasteiger charge is 2.51. The second kappa shape index (κ2) is 6.78. The lowest BCUT2D eigenvalue weighted by Crippen LogP contribution is -2.38. The van der Waals surface area contributed by atoms with E-state index in [1.807, 2.05) is 28.1 Å². The zero-order chi connectivity index (χ0) is 18.1. The third kappa shape index (κ3) is 2.89. The van der Waals surface area contributed by atoms with E-state index in [2.05, 4.69) is 24.0 Å². The molecule has 1 aromatic carbocycles. The standard InChI is InChI=1S/C21H27N3O2/c1-2-11-23-12-9-21(20(23)26)10-13-24(15-21)19(25)8-7-16-14-22-18-6-4-3-5-17(16)18/h3-6,14,22H,2,7-13,15H2,1H3. The van der Waals surface area contributed by atoms with E-state index in [-0.39, 0.29) is 17.2 Å². The average molecular weight is 353 g/mol. The molecule has 1 unspecified atom stereocenters. The lowest BCUT2D eigenvalue weighted by atomic mass is 9.85. The summed E-state index contributed by atoms with van der Waals surface area (Å²) in [5, 5.41) is 1.19. The Bertz CT molecular complexity index is 828. The molecule has 2 amide bonds. The topological polar surface area (TPSA) is 56.4 Å². The molecule has 2 saturated heterocycles. The average Bonchev–Trinajstić information content (AvgIpc) is 3.35. The summed E-state index contributed by atoms with van der Waals surface area (Å²) in [5.74, 6) is 0.445. The fourth-order valence-electron chi connectivity index (χ4n) is 4.58. The minimum Gasteiger partial charge on any atom is -0.361 e. The van der Waals surface area contributed by atoms with Gasteiger partial charge in [-0.15, -0.1) is 0 Å². The molecule has 2 aliphatic heterocycles. The molecule has 2 aliphatic rings. The van der Waals surface area contributed by atoms with Crippen LogP contribution in [0.25, 0.3) is 10.9 Å². The summed E-state index contributed by atoms with van der Waals surface area (Å²) < 4.78 is 0. The van der Waals surface area contributed by atoms with E-state index in [0.717, 1.165) is 50.8 Å². The van der Waals surface area contributed by atoms with Crippen LogP contribution in [0.3, 0.4) is 0 Å². The third-order valence-electron chi connectivity index (χ3n) is 6.08. The maximum atomic E-state index is 12.8. The number of aromatic amines is 1. The fraction of sp³-hybridized carbons (Fsp3) is 0.524. The molecule has 1 atom stereocenters. The zero-order valence-corrected chi connectivity index (χ0v) is 15.5. The molecule has 0 saturated carbocycles. The van der Waals surface area contributed by atoms with Gasteiger partial charge in [-0.25, -0.2) is 0 Å². The molecule has 26 heavy (non-hydrogen) atoms. The van der Waals surface area contributed by atoms with Gasteiger partial charge in [0.2, 0.25) is 11.8 Å². The van der Waals surface area contributed by atoms with Crippen molar-refractivity contribution in [2.24, 2.45) is 5.41 Å². The molecule has 138 valence electrons. The number of rotatable bonds is 5. The van der Waals surface area contributed by atoms with E-state index >= 15 is 0 Å². The predicted octanol–water partition coefficient (Wildman–Crippen LogP) is 2.96. The Balaban J connectivity index is 1.37. The number of amides is 2. The molecular weight excluding hydrogens is 326 g/mol. The van der Waals surface area contributed by atoms with Gasteiger partial charge in [0.05, 0.1) is 5.41 Å². The Morgan fingerprint density at radius 3 is 2.88 bits per heavy atom. The van der Waals surface area contributed by atoms with E-state index in [4.69, 9.17) is 0 Å². The number of hydrogen-bond donors (Lipinski definition) is 1. The zero-order valence-electron chi connectivity index (χ0n) is 15.5. The second-order valence-corrected chi connectivity index (χ2v) is 7.75. The quantitative estimate of drug-likeness (QED) is 0.898. The Labute approximate surface area is 154 Å². The largest absolute Gasteiger partial charge is 0.361 e. The Morgan fingerprint density at radius 1 is 1.23 bits per heavy atom. The van der Waals surface area contributed by atoms with Crippen molar-refractivity contribution in [2.75, 3.05) is 26.2 Å². The molecule has 5 heteroatoms. The molecule has 2 aromatic rings. The summed E-state index contributed by atoms with van der Waals surface area (Å²) in [5.41, 5.74) is 2.00. The molecule has 5 nitrogen and oxygen atoms in total. The summed E-state index contributed by atoms with van der Waals surface area (Å²) in [6, 6.07) is 8.19. The number of aryl methyl sites for hydroxylation is 1. The first-order chi connectivity index (χ1) is 12.6. The summed E-state index contributed by atoms with van der Waals surface area (Å²) >= 11 is 0. The molecular formula is C21H27N3O2. The molecule has 3 heterocycles. The first-order valence-corrected chi connectivity index (χ1v) is 9.75. The SMILES string of the molecule is CCCN1CCC2(CCN(C(=O)CCc3c[nH]c4ccccc34)C2)C1=O. The van der Waals surface area contributed by atoms with Crippen LogP contribution in [0.4, 0.5) is 0 Å². The van der Waals surface area contributed by atoms with Crippen LogP contribution in [0.2, 0.25) is 0 Å². The number of H-pyrrole nitrogens is 1. The molecule has 2 fully saturated rings. The molecule has 1 spiro atoms. The summed E-state index contributed by atoms with van der Waals surface area (Å²) in [4.78, 5) is 32.7. The van der Waals surface area contributed by atoms with E-state index in [0.29, 0.717) is 13.0 Å². The number of benzene rings is 1.